The highest BCUT2D eigenvalue weighted by molar-refractivity contribution is 5.44. The van der Waals surface area contributed by atoms with Gasteiger partial charge in [-0.3, -0.25) is 0 Å². The smallest absolute Gasteiger partial charge is 0.126 e. The first-order chi connectivity index (χ1) is 10.9. The summed E-state index contributed by atoms with van der Waals surface area (Å²) in [6, 6.07) is 0. The molecule has 0 spiro atoms. The van der Waals surface area contributed by atoms with E-state index in [1.807, 2.05) is 6.92 Å². The number of hydrogen-bond donors (Lipinski definition) is 2. The van der Waals surface area contributed by atoms with Crippen LogP contribution < -0.4 is 5.48 Å². The molecule has 0 amide bonds. The molecule has 0 aromatic rings. The van der Waals surface area contributed by atoms with Gasteiger partial charge in [-0.15, -0.1) is 0 Å². The fourth-order valence-electron chi connectivity index (χ4n) is 2.89. The van der Waals surface area contributed by atoms with Crippen LogP contribution in [0.2, 0.25) is 0 Å². The number of rotatable bonds is 9. The van der Waals surface area contributed by atoms with Crippen molar-refractivity contribution in [3.05, 3.63) is 33.8 Å². The average Bonchev–Trinajstić information content (AvgIpc) is 2.46. The summed E-state index contributed by atoms with van der Waals surface area (Å²) >= 11 is 0. The van der Waals surface area contributed by atoms with E-state index in [0.717, 1.165) is 29.2 Å². The monoisotopic (exact) mass is 323 g/mol. The van der Waals surface area contributed by atoms with Crippen molar-refractivity contribution < 1.29 is 14.7 Å². The standard InChI is InChI=1S/C19H33NO3/c1-13(2)17(11-10-16-8-7-9-16)19(22-5)18(12-20-23-6)14(3)15(4)21/h16,20-21H,7-12H2,1-6H3/b15-14+,19-18+. The molecule has 132 valence electrons. The summed E-state index contributed by atoms with van der Waals surface area (Å²) in [6.07, 6.45) is 6.31. The van der Waals surface area contributed by atoms with Crippen LogP contribution in [0.15, 0.2) is 33.8 Å². The Morgan fingerprint density at radius 3 is 2.13 bits per heavy atom. The number of allylic oxidation sites excluding steroid dienone is 3. The molecule has 0 unspecified atom stereocenters. The fourth-order valence-corrected chi connectivity index (χ4v) is 2.89. The van der Waals surface area contributed by atoms with Gasteiger partial charge in [0, 0.05) is 5.57 Å². The summed E-state index contributed by atoms with van der Waals surface area (Å²) in [5, 5.41) is 9.93. The molecule has 0 aliphatic heterocycles. The fraction of sp³-hybridized carbons (Fsp3) is 0.684. The summed E-state index contributed by atoms with van der Waals surface area (Å²) in [6.45, 7) is 8.36. The Bertz CT molecular complexity index is 477. The van der Waals surface area contributed by atoms with E-state index in [1.165, 1.54) is 36.8 Å². The van der Waals surface area contributed by atoms with Crippen molar-refractivity contribution in [2.45, 2.75) is 59.8 Å². The van der Waals surface area contributed by atoms with Crippen LogP contribution in [0.25, 0.3) is 0 Å². The molecule has 1 fully saturated rings. The van der Waals surface area contributed by atoms with E-state index in [4.69, 9.17) is 9.57 Å². The molecule has 1 aliphatic carbocycles. The first-order valence-electron chi connectivity index (χ1n) is 8.48. The SMILES string of the molecule is CONCC(=C(\OC)C(CCC1CCC1)=C(C)C)/C(C)=C(\C)O. The van der Waals surface area contributed by atoms with Crippen molar-refractivity contribution in [3.8, 4) is 0 Å². The first-order valence-corrected chi connectivity index (χ1v) is 8.48. The molecule has 0 radical (unpaired) electrons. The molecule has 0 atom stereocenters. The molecule has 0 aromatic carbocycles. The molecule has 0 heterocycles. The van der Waals surface area contributed by atoms with E-state index in [0.29, 0.717) is 12.3 Å². The Kier molecular flexibility index (Phi) is 8.42. The molecule has 4 nitrogen and oxygen atoms in total. The van der Waals surface area contributed by atoms with E-state index >= 15 is 0 Å². The lowest BCUT2D eigenvalue weighted by Crippen LogP contribution is -2.19. The van der Waals surface area contributed by atoms with Crippen molar-refractivity contribution in [1.82, 2.24) is 5.48 Å². The van der Waals surface area contributed by atoms with E-state index in [2.05, 4.69) is 19.3 Å². The van der Waals surface area contributed by atoms with Crippen molar-refractivity contribution in [2.24, 2.45) is 5.92 Å². The summed E-state index contributed by atoms with van der Waals surface area (Å²) in [7, 11) is 3.29. The number of hydroxylamine groups is 1. The van der Waals surface area contributed by atoms with Crippen LogP contribution in [-0.4, -0.2) is 25.9 Å². The van der Waals surface area contributed by atoms with Crippen LogP contribution in [0.4, 0.5) is 0 Å². The molecular formula is C19H33NO3. The van der Waals surface area contributed by atoms with Crippen LogP contribution in [-0.2, 0) is 9.57 Å². The maximum atomic E-state index is 9.93. The zero-order chi connectivity index (χ0) is 17.4. The Morgan fingerprint density at radius 2 is 1.74 bits per heavy atom. The molecule has 1 aliphatic rings. The molecular weight excluding hydrogens is 290 g/mol. The normalized spacial score (nSPS) is 17.1. The third-order valence-corrected chi connectivity index (χ3v) is 4.77. The maximum Gasteiger partial charge on any atom is 0.126 e. The largest absolute Gasteiger partial charge is 0.512 e. The lowest BCUT2D eigenvalue weighted by atomic mass is 9.80. The molecule has 2 N–H and O–H groups in total. The Labute approximate surface area is 141 Å². The van der Waals surface area contributed by atoms with E-state index in [-0.39, 0.29) is 0 Å². The summed E-state index contributed by atoms with van der Waals surface area (Å²) in [5.74, 6) is 2.03. The van der Waals surface area contributed by atoms with Crippen LogP contribution in [0.1, 0.15) is 59.8 Å². The van der Waals surface area contributed by atoms with Gasteiger partial charge in [0.2, 0.25) is 0 Å². The van der Waals surface area contributed by atoms with E-state index in [1.54, 1.807) is 21.1 Å². The zero-order valence-electron chi connectivity index (χ0n) is 15.6. The third-order valence-electron chi connectivity index (χ3n) is 4.77. The lowest BCUT2D eigenvalue weighted by Gasteiger charge is -2.27. The summed E-state index contributed by atoms with van der Waals surface area (Å²) in [5.41, 5.74) is 7.15. The van der Waals surface area contributed by atoms with Gasteiger partial charge in [-0.2, -0.15) is 5.48 Å². The van der Waals surface area contributed by atoms with Gasteiger partial charge in [0.15, 0.2) is 0 Å². The summed E-state index contributed by atoms with van der Waals surface area (Å²) in [4.78, 5) is 5.00. The predicted molar refractivity (Wildman–Crippen MR) is 95.0 cm³/mol. The molecule has 0 aromatic heterocycles. The highest BCUT2D eigenvalue weighted by atomic mass is 16.6. The average molecular weight is 323 g/mol. The van der Waals surface area contributed by atoms with Gasteiger partial charge in [-0.25, -0.2) is 0 Å². The number of hydrogen-bond acceptors (Lipinski definition) is 4. The van der Waals surface area contributed by atoms with Crippen LogP contribution >= 0.6 is 0 Å². The van der Waals surface area contributed by atoms with Crippen molar-refractivity contribution in [1.29, 1.82) is 0 Å². The highest BCUT2D eigenvalue weighted by Crippen LogP contribution is 2.35. The van der Waals surface area contributed by atoms with Gasteiger partial charge in [-0.05, 0) is 57.6 Å². The number of aliphatic hydroxyl groups excluding tert-OH is 1. The quantitative estimate of drug-likeness (QED) is 0.363. The van der Waals surface area contributed by atoms with Gasteiger partial charge >= 0.3 is 0 Å². The van der Waals surface area contributed by atoms with Crippen LogP contribution in [0, 0.1) is 5.92 Å². The second kappa shape index (κ2) is 9.78. The highest BCUT2D eigenvalue weighted by Gasteiger charge is 2.21. The number of ether oxygens (including phenoxy) is 1. The van der Waals surface area contributed by atoms with Crippen molar-refractivity contribution in [2.75, 3.05) is 20.8 Å². The lowest BCUT2D eigenvalue weighted by molar-refractivity contribution is 0.0982. The van der Waals surface area contributed by atoms with Gasteiger partial charge in [0.25, 0.3) is 0 Å². The third kappa shape index (κ3) is 5.70. The second-order valence-corrected chi connectivity index (χ2v) is 6.56. The molecule has 0 saturated heterocycles. The number of nitrogens with one attached hydrogen (secondary N) is 1. The van der Waals surface area contributed by atoms with Crippen molar-refractivity contribution in [3.63, 3.8) is 0 Å². The topological polar surface area (TPSA) is 50.7 Å². The zero-order valence-corrected chi connectivity index (χ0v) is 15.6. The van der Waals surface area contributed by atoms with E-state index in [9.17, 15) is 5.11 Å². The van der Waals surface area contributed by atoms with Crippen molar-refractivity contribution >= 4 is 0 Å². The molecule has 23 heavy (non-hydrogen) atoms. The van der Waals surface area contributed by atoms with Gasteiger partial charge < -0.3 is 14.7 Å². The molecule has 4 heteroatoms. The van der Waals surface area contributed by atoms with Gasteiger partial charge in [0.1, 0.15) is 5.76 Å². The predicted octanol–water partition coefficient (Wildman–Crippen LogP) is 4.81. The van der Waals surface area contributed by atoms with Crippen LogP contribution in [0.3, 0.4) is 0 Å². The number of aliphatic hydroxyl groups is 1. The molecule has 0 bridgehead atoms. The maximum absolute atomic E-state index is 9.93. The van der Waals surface area contributed by atoms with Gasteiger partial charge in [0.05, 0.1) is 26.5 Å². The van der Waals surface area contributed by atoms with Crippen LogP contribution in [0.5, 0.6) is 0 Å². The second-order valence-electron chi connectivity index (χ2n) is 6.56. The Morgan fingerprint density at radius 1 is 1.09 bits per heavy atom. The Balaban J connectivity index is 3.15. The van der Waals surface area contributed by atoms with E-state index < -0.39 is 0 Å². The number of methoxy groups -OCH3 is 1. The minimum atomic E-state index is 0.305. The minimum Gasteiger partial charge on any atom is -0.512 e. The minimum absolute atomic E-state index is 0.305. The molecule has 1 rings (SSSR count). The first kappa shape index (κ1) is 19.8. The van der Waals surface area contributed by atoms with Gasteiger partial charge in [-0.1, -0.05) is 24.8 Å². The Hall–Kier alpha value is -1.26. The summed E-state index contributed by atoms with van der Waals surface area (Å²) < 4.78 is 5.77. The molecule has 1 saturated carbocycles.